The van der Waals surface area contributed by atoms with E-state index in [1.807, 2.05) is 12.1 Å². The molecule has 4 rings (SSSR count). The second kappa shape index (κ2) is 8.40. The molecule has 0 radical (unpaired) electrons. The van der Waals surface area contributed by atoms with E-state index in [9.17, 15) is 9.59 Å². The Bertz CT molecular complexity index is 1150. The Morgan fingerprint density at radius 2 is 1.83 bits per heavy atom. The number of anilines is 1. The molecule has 29 heavy (non-hydrogen) atoms. The minimum Gasteiger partial charge on any atom is -0.310 e. The number of hydrogen-bond donors (Lipinski definition) is 2. The monoisotopic (exact) mass is 465 g/mol. The molecular weight excluding hydrogens is 453 g/mol. The molecule has 1 aliphatic heterocycles. The molecule has 148 valence electrons. The van der Waals surface area contributed by atoms with Crippen molar-refractivity contribution in [3.05, 3.63) is 84.6 Å². The van der Waals surface area contributed by atoms with Gasteiger partial charge in [-0.2, -0.15) is 0 Å². The number of nitrogens with one attached hydrogen (secondary N) is 2. The average molecular weight is 467 g/mol. The van der Waals surface area contributed by atoms with Gasteiger partial charge in [-0.1, -0.05) is 70.8 Å². The number of thioether (sulfide) groups is 1. The van der Waals surface area contributed by atoms with E-state index in [1.165, 1.54) is 11.8 Å². The quantitative estimate of drug-likeness (QED) is 0.393. The first kappa shape index (κ1) is 20.3. The van der Waals surface area contributed by atoms with Gasteiger partial charge in [-0.25, -0.2) is 4.98 Å². The summed E-state index contributed by atoms with van der Waals surface area (Å²) in [5.74, 6) is 0.0996. The van der Waals surface area contributed by atoms with Crippen molar-refractivity contribution in [3.8, 4) is 0 Å². The number of amides is 1. The highest BCUT2D eigenvalue weighted by atomic mass is 35.5. The van der Waals surface area contributed by atoms with E-state index in [4.69, 9.17) is 34.8 Å². The summed E-state index contributed by atoms with van der Waals surface area (Å²) in [5, 5.41) is 4.49. The van der Waals surface area contributed by atoms with Crippen LogP contribution in [0.25, 0.3) is 0 Å². The summed E-state index contributed by atoms with van der Waals surface area (Å²) in [7, 11) is 0. The summed E-state index contributed by atoms with van der Waals surface area (Å²) < 4.78 is 0. The molecule has 2 aromatic carbocycles. The number of nitrogens with zero attached hydrogens (tertiary/aromatic N) is 1. The zero-order valence-electron chi connectivity index (χ0n) is 14.8. The first-order valence-electron chi connectivity index (χ1n) is 8.67. The van der Waals surface area contributed by atoms with Crippen LogP contribution in [0.2, 0.25) is 15.1 Å². The summed E-state index contributed by atoms with van der Waals surface area (Å²) in [6.07, 6.45) is 0.0923. The Labute approximate surface area is 185 Å². The number of rotatable bonds is 4. The molecule has 1 atom stereocenters. The Morgan fingerprint density at radius 1 is 1.07 bits per heavy atom. The zero-order chi connectivity index (χ0) is 20.5. The molecule has 0 saturated carbocycles. The first-order valence-corrected chi connectivity index (χ1v) is 10.8. The van der Waals surface area contributed by atoms with Crippen LogP contribution in [0.15, 0.2) is 52.4 Å². The zero-order valence-corrected chi connectivity index (χ0v) is 17.9. The van der Waals surface area contributed by atoms with E-state index < -0.39 is 5.92 Å². The van der Waals surface area contributed by atoms with Crippen LogP contribution < -0.4 is 10.9 Å². The van der Waals surface area contributed by atoms with Gasteiger partial charge in [-0.15, -0.1) is 0 Å². The number of fused-ring (bicyclic) bond motifs is 1. The molecule has 9 heteroatoms. The standard InChI is InChI=1S/C20H14Cl3N3O2S/c21-11-6-4-10(5-7-11)9-29-20-25-18-16(19(28)26-20)13(8-15(27)24-18)12-2-1-3-14(22)17(12)23/h1-7,13H,8-9H2,(H2,24,25,26,27,28). The highest BCUT2D eigenvalue weighted by Gasteiger charge is 2.32. The van der Waals surface area contributed by atoms with Crippen molar-refractivity contribution in [1.82, 2.24) is 9.97 Å². The fourth-order valence-electron chi connectivity index (χ4n) is 3.21. The lowest BCUT2D eigenvalue weighted by molar-refractivity contribution is -0.116. The summed E-state index contributed by atoms with van der Waals surface area (Å²) in [5.41, 5.74) is 1.73. The number of benzene rings is 2. The molecule has 1 amide bonds. The predicted molar refractivity (Wildman–Crippen MR) is 117 cm³/mol. The van der Waals surface area contributed by atoms with Crippen LogP contribution in [0.1, 0.15) is 29.0 Å². The van der Waals surface area contributed by atoms with Crippen molar-refractivity contribution in [2.24, 2.45) is 0 Å². The van der Waals surface area contributed by atoms with Crippen LogP contribution in [0.5, 0.6) is 0 Å². The molecule has 1 aromatic heterocycles. The van der Waals surface area contributed by atoms with Crippen LogP contribution in [0.4, 0.5) is 5.82 Å². The Kier molecular flexibility index (Phi) is 5.88. The third-order valence-electron chi connectivity index (χ3n) is 4.58. The van der Waals surface area contributed by atoms with Gasteiger partial charge >= 0.3 is 0 Å². The van der Waals surface area contributed by atoms with Crippen molar-refractivity contribution < 1.29 is 4.79 Å². The van der Waals surface area contributed by atoms with E-state index in [2.05, 4.69) is 15.3 Å². The largest absolute Gasteiger partial charge is 0.310 e. The van der Waals surface area contributed by atoms with Crippen molar-refractivity contribution in [2.45, 2.75) is 23.2 Å². The van der Waals surface area contributed by atoms with Gasteiger partial charge in [0.25, 0.3) is 5.56 Å². The molecule has 1 aliphatic rings. The number of aromatic amines is 1. The van der Waals surface area contributed by atoms with Crippen LogP contribution >= 0.6 is 46.6 Å². The molecule has 2 heterocycles. The smallest absolute Gasteiger partial charge is 0.257 e. The predicted octanol–water partition coefficient (Wildman–Crippen LogP) is 5.50. The number of halogens is 3. The Hall–Kier alpha value is -1.99. The summed E-state index contributed by atoms with van der Waals surface area (Å²) >= 11 is 19.7. The van der Waals surface area contributed by atoms with E-state index in [0.29, 0.717) is 37.1 Å². The van der Waals surface area contributed by atoms with Gasteiger partial charge in [0, 0.05) is 23.1 Å². The van der Waals surface area contributed by atoms with Gasteiger partial charge in [0.2, 0.25) is 5.91 Å². The third kappa shape index (κ3) is 4.31. The number of aromatic nitrogens is 2. The number of H-pyrrole nitrogens is 1. The lowest BCUT2D eigenvalue weighted by Gasteiger charge is -2.25. The van der Waals surface area contributed by atoms with Crippen LogP contribution in [0.3, 0.4) is 0 Å². The lowest BCUT2D eigenvalue weighted by atomic mass is 9.87. The number of hydrogen-bond acceptors (Lipinski definition) is 4. The van der Waals surface area contributed by atoms with Crippen molar-refractivity contribution in [2.75, 3.05) is 5.32 Å². The SMILES string of the molecule is O=C1CC(c2cccc(Cl)c2Cl)c2c(nc(SCc3ccc(Cl)cc3)[nH]c2=O)N1. The molecule has 5 nitrogen and oxygen atoms in total. The van der Waals surface area contributed by atoms with Gasteiger partial charge in [0.05, 0.1) is 15.6 Å². The third-order valence-corrected chi connectivity index (χ3v) is 6.61. The van der Waals surface area contributed by atoms with Crippen molar-refractivity contribution in [1.29, 1.82) is 0 Å². The van der Waals surface area contributed by atoms with Gasteiger partial charge in [-0.3, -0.25) is 9.59 Å². The van der Waals surface area contributed by atoms with Crippen LogP contribution in [-0.2, 0) is 10.5 Å². The van der Waals surface area contributed by atoms with E-state index in [0.717, 1.165) is 5.56 Å². The first-order chi connectivity index (χ1) is 13.9. The molecule has 0 bridgehead atoms. The van der Waals surface area contributed by atoms with E-state index >= 15 is 0 Å². The highest BCUT2D eigenvalue weighted by Crippen LogP contribution is 2.39. The molecule has 0 fully saturated rings. The fraction of sp³-hybridized carbons (Fsp3) is 0.150. The van der Waals surface area contributed by atoms with Crippen LogP contribution in [0, 0.1) is 0 Å². The molecule has 0 saturated heterocycles. The maximum atomic E-state index is 12.9. The molecule has 0 spiro atoms. The molecular formula is C20H14Cl3N3O2S. The minimum absolute atomic E-state index is 0.0923. The summed E-state index contributed by atoms with van der Waals surface area (Å²) in [6, 6.07) is 12.6. The summed E-state index contributed by atoms with van der Waals surface area (Å²) in [6.45, 7) is 0. The molecule has 3 aromatic rings. The van der Waals surface area contributed by atoms with Crippen LogP contribution in [-0.4, -0.2) is 15.9 Å². The molecule has 2 N–H and O–H groups in total. The lowest BCUT2D eigenvalue weighted by Crippen LogP contribution is -2.31. The topological polar surface area (TPSA) is 74.8 Å². The average Bonchev–Trinajstić information content (AvgIpc) is 2.69. The van der Waals surface area contributed by atoms with Gasteiger partial charge in [0.1, 0.15) is 5.82 Å². The normalized spacial score (nSPS) is 15.7. The van der Waals surface area contributed by atoms with Gasteiger partial charge < -0.3 is 10.3 Å². The van der Waals surface area contributed by atoms with Gasteiger partial charge in [-0.05, 0) is 29.3 Å². The molecule has 1 unspecified atom stereocenters. The summed E-state index contributed by atoms with van der Waals surface area (Å²) in [4.78, 5) is 32.4. The minimum atomic E-state index is -0.517. The van der Waals surface area contributed by atoms with E-state index in [1.54, 1.807) is 30.3 Å². The maximum Gasteiger partial charge on any atom is 0.257 e. The van der Waals surface area contributed by atoms with Crippen molar-refractivity contribution >= 4 is 58.3 Å². The second-order valence-electron chi connectivity index (χ2n) is 6.50. The van der Waals surface area contributed by atoms with Crippen molar-refractivity contribution in [3.63, 3.8) is 0 Å². The second-order valence-corrected chi connectivity index (χ2v) is 8.68. The number of carbonyl (C=O) groups excluding carboxylic acids is 1. The highest BCUT2D eigenvalue weighted by molar-refractivity contribution is 7.98. The molecule has 0 aliphatic carbocycles. The maximum absolute atomic E-state index is 12.9. The fourth-order valence-corrected chi connectivity index (χ4v) is 4.59. The Morgan fingerprint density at radius 3 is 2.59 bits per heavy atom. The van der Waals surface area contributed by atoms with Gasteiger partial charge in [0.15, 0.2) is 5.16 Å². The Balaban J connectivity index is 1.68. The number of carbonyl (C=O) groups is 1. The van der Waals surface area contributed by atoms with E-state index in [-0.39, 0.29) is 23.7 Å².